The average Bonchev–Trinajstić information content (AvgIpc) is 3.09. The molecule has 1 heterocycles. The number of methoxy groups -OCH3 is 1. The number of carbonyl (C=O) groups is 1. The minimum atomic E-state index is -0.363. The number of aryl methyl sites for hydroxylation is 1. The fraction of sp³-hybridized carbons (Fsp3) is 0.500. The Morgan fingerprint density at radius 2 is 2.14 bits per heavy atom. The maximum atomic E-state index is 13.4. The summed E-state index contributed by atoms with van der Waals surface area (Å²) in [6.07, 6.45) is 4.29. The van der Waals surface area contributed by atoms with Crippen LogP contribution in [0.15, 0.2) is 18.2 Å². The van der Waals surface area contributed by atoms with E-state index < -0.39 is 0 Å². The molecule has 1 fully saturated rings. The van der Waals surface area contributed by atoms with E-state index in [4.69, 9.17) is 4.74 Å². The predicted octanol–water partition coefficient (Wildman–Crippen LogP) is 3.16. The van der Waals surface area contributed by atoms with E-state index in [1.54, 1.807) is 6.07 Å². The van der Waals surface area contributed by atoms with E-state index in [1.165, 1.54) is 19.2 Å². The van der Waals surface area contributed by atoms with Gasteiger partial charge in [-0.2, -0.15) is 0 Å². The summed E-state index contributed by atoms with van der Waals surface area (Å²) < 4.78 is 20.2. The first-order chi connectivity index (χ1) is 10.1. The molecule has 1 saturated carbocycles. The molecule has 0 aliphatic heterocycles. The molecule has 0 bridgehead atoms. The molecule has 0 radical (unpaired) electrons. The molecule has 1 aliphatic rings. The molecule has 0 amide bonds. The second-order valence-electron chi connectivity index (χ2n) is 5.71. The summed E-state index contributed by atoms with van der Waals surface area (Å²) in [5.74, 6) is 0.00790. The van der Waals surface area contributed by atoms with Gasteiger partial charge in [-0.1, -0.05) is 12.8 Å². The van der Waals surface area contributed by atoms with E-state index >= 15 is 0 Å². The number of imidazole rings is 1. The SMILES string of the molecule is COC(=O)C(c1nc2cc(F)ccc2n1C)C1CCCC1. The number of hydrogen-bond acceptors (Lipinski definition) is 3. The van der Waals surface area contributed by atoms with Gasteiger partial charge in [-0.25, -0.2) is 9.37 Å². The molecule has 0 N–H and O–H groups in total. The van der Waals surface area contributed by atoms with Gasteiger partial charge in [-0.15, -0.1) is 0 Å². The lowest BCUT2D eigenvalue weighted by atomic mass is 9.90. The minimum Gasteiger partial charge on any atom is -0.468 e. The number of halogens is 1. The zero-order valence-electron chi connectivity index (χ0n) is 12.3. The van der Waals surface area contributed by atoms with Crippen LogP contribution in [-0.2, 0) is 16.6 Å². The van der Waals surface area contributed by atoms with Crippen LogP contribution in [0, 0.1) is 11.7 Å². The van der Waals surface area contributed by atoms with E-state index in [0.717, 1.165) is 31.2 Å². The third-order valence-corrected chi connectivity index (χ3v) is 4.48. The second kappa shape index (κ2) is 5.47. The van der Waals surface area contributed by atoms with Crippen LogP contribution >= 0.6 is 0 Å². The summed E-state index contributed by atoms with van der Waals surface area (Å²) in [7, 11) is 3.28. The van der Waals surface area contributed by atoms with Crippen molar-refractivity contribution in [3.05, 3.63) is 29.8 Å². The molecule has 4 nitrogen and oxygen atoms in total. The van der Waals surface area contributed by atoms with Crippen molar-refractivity contribution >= 4 is 17.0 Å². The van der Waals surface area contributed by atoms with Crippen LogP contribution in [0.5, 0.6) is 0 Å². The minimum absolute atomic E-state index is 0.249. The number of benzene rings is 1. The molecule has 1 atom stereocenters. The topological polar surface area (TPSA) is 44.1 Å². The monoisotopic (exact) mass is 290 g/mol. The van der Waals surface area contributed by atoms with Crippen molar-refractivity contribution in [1.29, 1.82) is 0 Å². The van der Waals surface area contributed by atoms with Gasteiger partial charge in [-0.05, 0) is 30.9 Å². The average molecular weight is 290 g/mol. The molecule has 0 spiro atoms. The van der Waals surface area contributed by atoms with Gasteiger partial charge in [0.15, 0.2) is 0 Å². The maximum absolute atomic E-state index is 13.4. The van der Waals surface area contributed by atoms with Crippen LogP contribution in [0.1, 0.15) is 37.4 Å². The van der Waals surface area contributed by atoms with Crippen molar-refractivity contribution < 1.29 is 13.9 Å². The van der Waals surface area contributed by atoms with Crippen molar-refractivity contribution in [1.82, 2.24) is 9.55 Å². The number of nitrogens with zero attached hydrogens (tertiary/aromatic N) is 2. The summed E-state index contributed by atoms with van der Waals surface area (Å²) in [6, 6.07) is 4.52. The van der Waals surface area contributed by atoms with Crippen molar-refractivity contribution in [2.75, 3.05) is 7.11 Å². The van der Waals surface area contributed by atoms with Crippen LogP contribution < -0.4 is 0 Å². The Balaban J connectivity index is 2.10. The molecular weight excluding hydrogens is 271 g/mol. The van der Waals surface area contributed by atoms with Gasteiger partial charge in [0.1, 0.15) is 17.6 Å². The molecular formula is C16H19FN2O2. The molecule has 5 heteroatoms. The van der Waals surface area contributed by atoms with Crippen molar-refractivity contribution in [3.8, 4) is 0 Å². The number of rotatable bonds is 3. The molecule has 1 aliphatic carbocycles. The highest BCUT2D eigenvalue weighted by Gasteiger charge is 2.36. The van der Waals surface area contributed by atoms with Gasteiger partial charge in [0.2, 0.25) is 0 Å². The first-order valence-corrected chi connectivity index (χ1v) is 7.31. The Morgan fingerprint density at radius 3 is 2.81 bits per heavy atom. The third-order valence-electron chi connectivity index (χ3n) is 4.48. The summed E-state index contributed by atoms with van der Waals surface area (Å²) >= 11 is 0. The molecule has 2 aromatic rings. The Morgan fingerprint density at radius 1 is 1.43 bits per heavy atom. The van der Waals surface area contributed by atoms with Crippen molar-refractivity contribution in [2.45, 2.75) is 31.6 Å². The van der Waals surface area contributed by atoms with Crippen molar-refractivity contribution in [2.24, 2.45) is 13.0 Å². The van der Waals surface area contributed by atoms with E-state index in [-0.39, 0.29) is 23.6 Å². The summed E-state index contributed by atoms with van der Waals surface area (Å²) in [5, 5.41) is 0. The quantitative estimate of drug-likeness (QED) is 0.816. The standard InChI is InChI=1S/C16H19FN2O2/c1-19-13-8-7-11(17)9-12(13)18-15(19)14(16(20)21-2)10-5-3-4-6-10/h7-10,14H,3-6H2,1-2H3. The van der Waals surface area contributed by atoms with Crippen molar-refractivity contribution in [3.63, 3.8) is 0 Å². The Labute approximate surface area is 122 Å². The van der Waals surface area contributed by atoms with Crippen LogP contribution in [0.4, 0.5) is 4.39 Å². The molecule has 3 rings (SSSR count). The van der Waals surface area contributed by atoms with Gasteiger partial charge in [0, 0.05) is 13.1 Å². The van der Waals surface area contributed by atoms with Gasteiger partial charge in [-0.3, -0.25) is 4.79 Å². The Kier molecular flexibility index (Phi) is 3.66. The highest BCUT2D eigenvalue weighted by Crippen LogP contribution is 2.38. The molecule has 1 aromatic carbocycles. The molecule has 21 heavy (non-hydrogen) atoms. The fourth-order valence-corrected chi connectivity index (χ4v) is 3.40. The zero-order chi connectivity index (χ0) is 15.0. The largest absolute Gasteiger partial charge is 0.468 e. The predicted molar refractivity (Wildman–Crippen MR) is 77.4 cm³/mol. The number of ether oxygens (including phenoxy) is 1. The van der Waals surface area contributed by atoms with E-state index in [1.807, 2.05) is 11.6 Å². The van der Waals surface area contributed by atoms with Crippen LogP contribution in [0.25, 0.3) is 11.0 Å². The van der Waals surface area contributed by atoms with E-state index in [9.17, 15) is 9.18 Å². The van der Waals surface area contributed by atoms with E-state index in [2.05, 4.69) is 4.98 Å². The zero-order valence-corrected chi connectivity index (χ0v) is 12.3. The van der Waals surface area contributed by atoms with Crippen LogP contribution in [0.3, 0.4) is 0 Å². The Hall–Kier alpha value is -1.91. The fourth-order valence-electron chi connectivity index (χ4n) is 3.40. The summed E-state index contributed by atoms with van der Waals surface area (Å²) in [5.41, 5.74) is 1.41. The first kappa shape index (κ1) is 14.0. The van der Waals surface area contributed by atoms with Gasteiger partial charge < -0.3 is 9.30 Å². The number of fused-ring (bicyclic) bond motifs is 1. The first-order valence-electron chi connectivity index (χ1n) is 7.31. The highest BCUT2D eigenvalue weighted by molar-refractivity contribution is 5.81. The van der Waals surface area contributed by atoms with Crippen LogP contribution in [-0.4, -0.2) is 22.6 Å². The normalized spacial score (nSPS) is 17.3. The molecule has 1 aromatic heterocycles. The van der Waals surface area contributed by atoms with Gasteiger partial charge in [0.25, 0.3) is 0 Å². The van der Waals surface area contributed by atoms with Gasteiger partial charge in [0.05, 0.1) is 18.1 Å². The molecule has 1 unspecified atom stereocenters. The highest BCUT2D eigenvalue weighted by atomic mass is 19.1. The lowest BCUT2D eigenvalue weighted by Crippen LogP contribution is -2.24. The number of esters is 1. The summed E-state index contributed by atoms with van der Waals surface area (Å²) in [4.78, 5) is 16.8. The van der Waals surface area contributed by atoms with E-state index in [0.29, 0.717) is 11.3 Å². The Bertz CT molecular complexity index is 674. The maximum Gasteiger partial charge on any atom is 0.316 e. The lowest BCUT2D eigenvalue weighted by molar-refractivity contribution is -0.144. The number of aromatic nitrogens is 2. The smallest absolute Gasteiger partial charge is 0.316 e. The third kappa shape index (κ3) is 2.41. The number of hydrogen-bond donors (Lipinski definition) is 0. The summed E-state index contributed by atoms with van der Waals surface area (Å²) in [6.45, 7) is 0. The second-order valence-corrected chi connectivity index (χ2v) is 5.71. The number of carbonyl (C=O) groups excluding carboxylic acids is 1. The lowest BCUT2D eigenvalue weighted by Gasteiger charge is -2.20. The van der Waals surface area contributed by atoms with Crippen LogP contribution in [0.2, 0.25) is 0 Å². The van der Waals surface area contributed by atoms with Gasteiger partial charge >= 0.3 is 5.97 Å². The molecule has 0 saturated heterocycles. The molecule has 112 valence electrons.